The van der Waals surface area contributed by atoms with E-state index in [-0.39, 0.29) is 16.7 Å². The lowest BCUT2D eigenvalue weighted by Gasteiger charge is -2.22. The van der Waals surface area contributed by atoms with E-state index in [1.807, 2.05) is 0 Å². The van der Waals surface area contributed by atoms with Gasteiger partial charge >= 0.3 is 0 Å². The van der Waals surface area contributed by atoms with Crippen molar-refractivity contribution in [3.8, 4) is 5.75 Å². The van der Waals surface area contributed by atoms with Gasteiger partial charge in [-0.1, -0.05) is 11.6 Å². The van der Waals surface area contributed by atoms with E-state index >= 15 is 0 Å². The van der Waals surface area contributed by atoms with Crippen molar-refractivity contribution in [1.29, 1.82) is 0 Å². The van der Waals surface area contributed by atoms with Crippen LogP contribution in [0.2, 0.25) is 5.02 Å². The van der Waals surface area contributed by atoms with E-state index in [9.17, 15) is 8.78 Å². The van der Waals surface area contributed by atoms with Crippen LogP contribution in [0.5, 0.6) is 5.75 Å². The van der Waals surface area contributed by atoms with Crippen molar-refractivity contribution < 1.29 is 17.9 Å². The molecule has 7 heteroatoms. The van der Waals surface area contributed by atoms with Crippen LogP contribution in [0.1, 0.15) is 18.4 Å². The number of nitrogens with zero attached hydrogens (tertiary/aromatic N) is 1. The molecule has 0 amide bonds. The zero-order valence-electron chi connectivity index (χ0n) is 11.0. The van der Waals surface area contributed by atoms with Gasteiger partial charge in [0.25, 0.3) is 0 Å². The Balaban J connectivity index is 1.93. The fraction of sp³-hybridized carbons (Fsp3) is 0.357. The molecule has 1 aliphatic rings. The Labute approximate surface area is 125 Å². The molecule has 1 aromatic carbocycles. The Hall–Kier alpha value is -1.66. The number of aromatic nitrogens is 1. The molecule has 1 N–H and O–H groups in total. The van der Waals surface area contributed by atoms with Gasteiger partial charge in [-0.15, -0.1) is 0 Å². The first-order valence-electron chi connectivity index (χ1n) is 6.57. The Morgan fingerprint density at radius 3 is 2.86 bits per heavy atom. The number of hydrogen-bond acceptors (Lipinski definition) is 4. The van der Waals surface area contributed by atoms with Crippen LogP contribution < -0.4 is 10.1 Å². The summed E-state index contributed by atoms with van der Waals surface area (Å²) in [6.45, 7) is 1.51. The number of hydrogen-bond donors (Lipinski definition) is 1. The molecule has 1 saturated heterocycles. The maximum Gasteiger partial charge on any atom is 0.235 e. The molecule has 4 nitrogen and oxygen atoms in total. The Morgan fingerprint density at radius 1 is 1.38 bits per heavy atom. The molecular formula is C14H13ClF2N2O2. The van der Waals surface area contributed by atoms with E-state index in [4.69, 9.17) is 20.8 Å². The number of ether oxygens (including phenoxy) is 1. The lowest BCUT2D eigenvalue weighted by Crippen LogP contribution is -2.22. The van der Waals surface area contributed by atoms with Crippen LogP contribution in [0.15, 0.2) is 29.0 Å². The molecule has 2 heterocycles. The highest BCUT2D eigenvalue weighted by Gasteiger charge is 2.33. The van der Waals surface area contributed by atoms with Crippen LogP contribution in [-0.4, -0.2) is 18.1 Å². The Kier molecular flexibility index (Phi) is 4.07. The fourth-order valence-corrected chi connectivity index (χ4v) is 2.60. The van der Waals surface area contributed by atoms with E-state index in [1.54, 1.807) is 0 Å². The molecule has 1 aliphatic heterocycles. The molecule has 3 rings (SSSR count). The summed E-state index contributed by atoms with van der Waals surface area (Å²) in [6, 6.07) is 1.94. The van der Waals surface area contributed by atoms with Gasteiger partial charge in [0, 0.05) is 12.5 Å². The molecular weight excluding hydrogens is 302 g/mol. The van der Waals surface area contributed by atoms with Crippen molar-refractivity contribution in [3.05, 3.63) is 47.1 Å². The molecule has 21 heavy (non-hydrogen) atoms. The molecule has 0 radical (unpaired) electrons. The minimum absolute atomic E-state index is 0.0439. The summed E-state index contributed by atoms with van der Waals surface area (Å²) in [7, 11) is 0. The molecule has 2 atom stereocenters. The van der Waals surface area contributed by atoms with E-state index in [2.05, 4.69) is 10.3 Å². The predicted molar refractivity (Wildman–Crippen MR) is 72.2 cm³/mol. The van der Waals surface area contributed by atoms with Gasteiger partial charge in [0.2, 0.25) is 5.89 Å². The van der Waals surface area contributed by atoms with Crippen LogP contribution in [0.25, 0.3) is 0 Å². The minimum Gasteiger partial charge on any atom is -0.476 e. The van der Waals surface area contributed by atoms with Crippen molar-refractivity contribution in [2.45, 2.75) is 12.5 Å². The third-order valence-corrected chi connectivity index (χ3v) is 3.82. The van der Waals surface area contributed by atoms with Gasteiger partial charge in [0.05, 0.1) is 6.20 Å². The summed E-state index contributed by atoms with van der Waals surface area (Å²) in [5, 5.41) is 2.81. The van der Waals surface area contributed by atoms with Crippen LogP contribution in [0.4, 0.5) is 8.78 Å². The molecule has 0 saturated carbocycles. The average Bonchev–Trinajstić information content (AvgIpc) is 3.16. The van der Waals surface area contributed by atoms with Crippen LogP contribution in [0.3, 0.4) is 0 Å². The molecule has 0 spiro atoms. The van der Waals surface area contributed by atoms with Gasteiger partial charge in [-0.2, -0.15) is 0 Å². The maximum absolute atomic E-state index is 13.9. The van der Waals surface area contributed by atoms with Crippen molar-refractivity contribution in [2.75, 3.05) is 13.1 Å². The van der Waals surface area contributed by atoms with Gasteiger partial charge in [-0.05, 0) is 25.1 Å². The zero-order chi connectivity index (χ0) is 14.8. The second-order valence-electron chi connectivity index (χ2n) is 4.83. The first kappa shape index (κ1) is 14.3. The van der Waals surface area contributed by atoms with Gasteiger partial charge in [0.15, 0.2) is 17.7 Å². The predicted octanol–water partition coefficient (Wildman–Crippen LogP) is 3.34. The molecule has 112 valence electrons. The smallest absolute Gasteiger partial charge is 0.235 e. The number of oxazole rings is 1. The Morgan fingerprint density at radius 2 is 2.19 bits per heavy atom. The molecule has 0 aliphatic carbocycles. The van der Waals surface area contributed by atoms with Crippen LogP contribution in [-0.2, 0) is 0 Å². The van der Waals surface area contributed by atoms with Crippen molar-refractivity contribution >= 4 is 11.6 Å². The summed E-state index contributed by atoms with van der Waals surface area (Å²) in [4.78, 5) is 4.06. The molecule has 1 fully saturated rings. The molecule has 0 unspecified atom stereocenters. The first-order chi connectivity index (χ1) is 10.2. The number of benzene rings is 1. The summed E-state index contributed by atoms with van der Waals surface area (Å²) in [5.41, 5.74) is 0. The average molecular weight is 315 g/mol. The second-order valence-corrected chi connectivity index (χ2v) is 5.21. The summed E-state index contributed by atoms with van der Waals surface area (Å²) in [6.07, 6.45) is 3.10. The number of rotatable bonds is 4. The van der Waals surface area contributed by atoms with Crippen molar-refractivity contribution in [3.63, 3.8) is 0 Å². The van der Waals surface area contributed by atoms with E-state index in [0.29, 0.717) is 12.4 Å². The van der Waals surface area contributed by atoms with E-state index in [0.717, 1.165) is 25.1 Å². The third-order valence-electron chi connectivity index (χ3n) is 3.47. The van der Waals surface area contributed by atoms with E-state index in [1.165, 1.54) is 12.5 Å². The topological polar surface area (TPSA) is 47.3 Å². The fourth-order valence-electron chi connectivity index (χ4n) is 2.40. The quantitative estimate of drug-likeness (QED) is 0.879. The number of nitrogens with one attached hydrogen (secondary N) is 1. The Bertz CT molecular complexity index is 616. The zero-order valence-corrected chi connectivity index (χ0v) is 11.7. The highest BCUT2D eigenvalue weighted by molar-refractivity contribution is 6.32. The lowest BCUT2D eigenvalue weighted by molar-refractivity contribution is 0.109. The van der Waals surface area contributed by atoms with Crippen molar-refractivity contribution in [2.24, 2.45) is 5.92 Å². The standard InChI is InChI=1S/C14H13ClF2N2O2/c15-11-9(16)1-2-10(17)13(11)21-12(8-3-4-18-7-8)14-19-5-6-20-14/h1-2,5-6,8,12,18H,3-4,7H2/t8-,12+/m0/s1. The van der Waals surface area contributed by atoms with E-state index < -0.39 is 17.7 Å². The van der Waals surface area contributed by atoms with Crippen LogP contribution >= 0.6 is 11.6 Å². The monoisotopic (exact) mass is 314 g/mol. The lowest BCUT2D eigenvalue weighted by atomic mass is 10.0. The van der Waals surface area contributed by atoms with Gasteiger partial charge in [-0.25, -0.2) is 13.8 Å². The summed E-state index contributed by atoms with van der Waals surface area (Å²) < 4.78 is 38.3. The minimum atomic E-state index is -0.733. The normalized spacial score (nSPS) is 19.7. The highest BCUT2D eigenvalue weighted by Crippen LogP contribution is 2.37. The van der Waals surface area contributed by atoms with Gasteiger partial charge in [0.1, 0.15) is 17.1 Å². The molecule has 1 aromatic heterocycles. The highest BCUT2D eigenvalue weighted by atomic mass is 35.5. The largest absolute Gasteiger partial charge is 0.476 e. The van der Waals surface area contributed by atoms with Gasteiger partial charge < -0.3 is 14.5 Å². The number of halogens is 3. The van der Waals surface area contributed by atoms with Gasteiger partial charge in [-0.3, -0.25) is 0 Å². The summed E-state index contributed by atoms with van der Waals surface area (Å²) >= 11 is 5.80. The van der Waals surface area contributed by atoms with Crippen molar-refractivity contribution in [1.82, 2.24) is 10.3 Å². The third kappa shape index (κ3) is 2.87. The molecule has 0 bridgehead atoms. The molecule has 2 aromatic rings. The summed E-state index contributed by atoms with van der Waals surface area (Å²) in [5.74, 6) is -1.40. The first-order valence-corrected chi connectivity index (χ1v) is 6.95. The van der Waals surface area contributed by atoms with Crippen LogP contribution in [0, 0.1) is 17.6 Å². The maximum atomic E-state index is 13.9. The second kappa shape index (κ2) is 5.99. The SMILES string of the molecule is Fc1ccc(F)c(O[C@@H](c2ncco2)[C@H]2CCNC2)c1Cl.